The Morgan fingerprint density at radius 3 is 2.71 bits per heavy atom. The zero-order valence-corrected chi connectivity index (χ0v) is 11.7. The van der Waals surface area contributed by atoms with Crippen molar-refractivity contribution < 1.29 is 14.3 Å². The second-order valence-corrected chi connectivity index (χ2v) is 4.06. The normalized spacial score (nSPS) is 9.86. The van der Waals surface area contributed by atoms with Gasteiger partial charge in [-0.15, -0.1) is 0 Å². The Hall–Kier alpha value is -2.80. The quantitative estimate of drug-likeness (QED) is 0.571. The highest BCUT2D eigenvalue weighted by Crippen LogP contribution is 2.29. The van der Waals surface area contributed by atoms with E-state index in [2.05, 4.69) is 15.7 Å². The molecule has 110 valence electrons. The number of hydrogen-bond acceptors (Lipinski definition) is 6. The Balaban J connectivity index is 2.30. The van der Waals surface area contributed by atoms with Gasteiger partial charge in [-0.1, -0.05) is 0 Å². The van der Waals surface area contributed by atoms with E-state index in [0.717, 1.165) is 0 Å². The van der Waals surface area contributed by atoms with Crippen LogP contribution < -0.4 is 26.1 Å². The first-order valence-corrected chi connectivity index (χ1v) is 6.14. The van der Waals surface area contributed by atoms with Crippen LogP contribution >= 0.6 is 0 Å². The molecule has 0 spiro atoms. The lowest BCUT2D eigenvalue weighted by molar-refractivity contribution is 0.102. The van der Waals surface area contributed by atoms with E-state index in [4.69, 9.17) is 15.3 Å². The van der Waals surface area contributed by atoms with Gasteiger partial charge in [0.15, 0.2) is 5.82 Å². The van der Waals surface area contributed by atoms with Crippen LogP contribution in [0.4, 0.5) is 11.5 Å². The lowest BCUT2D eigenvalue weighted by Gasteiger charge is -2.12. The highest BCUT2D eigenvalue weighted by Gasteiger charge is 2.14. The van der Waals surface area contributed by atoms with E-state index >= 15 is 0 Å². The van der Waals surface area contributed by atoms with Crippen LogP contribution in [-0.4, -0.2) is 25.1 Å². The summed E-state index contributed by atoms with van der Waals surface area (Å²) in [6.07, 6.45) is 1.54. The van der Waals surface area contributed by atoms with Gasteiger partial charge in [0.25, 0.3) is 5.91 Å². The summed E-state index contributed by atoms with van der Waals surface area (Å²) in [5.74, 6) is 6.41. The van der Waals surface area contributed by atoms with Crippen LogP contribution in [-0.2, 0) is 0 Å². The Morgan fingerprint density at radius 1 is 1.24 bits per heavy atom. The molecule has 4 N–H and O–H groups in total. The molecule has 7 heteroatoms. The monoisotopic (exact) mass is 288 g/mol. The molecule has 1 aromatic carbocycles. The van der Waals surface area contributed by atoms with Crippen LogP contribution in [0.25, 0.3) is 0 Å². The van der Waals surface area contributed by atoms with Crippen LogP contribution in [0.5, 0.6) is 11.5 Å². The largest absolute Gasteiger partial charge is 0.497 e. The van der Waals surface area contributed by atoms with Crippen molar-refractivity contribution in [3.05, 3.63) is 42.1 Å². The van der Waals surface area contributed by atoms with Gasteiger partial charge >= 0.3 is 0 Å². The molecule has 1 heterocycles. The zero-order chi connectivity index (χ0) is 15.2. The number of nitrogens with zero attached hydrogens (tertiary/aromatic N) is 1. The minimum Gasteiger partial charge on any atom is -0.497 e. The van der Waals surface area contributed by atoms with E-state index < -0.39 is 0 Å². The molecule has 0 aliphatic rings. The summed E-state index contributed by atoms with van der Waals surface area (Å²) < 4.78 is 10.3. The summed E-state index contributed by atoms with van der Waals surface area (Å²) in [5.41, 5.74) is 3.20. The molecule has 0 radical (unpaired) electrons. The molecule has 2 aromatic rings. The molecular weight excluding hydrogens is 272 g/mol. The van der Waals surface area contributed by atoms with E-state index in [1.54, 1.807) is 37.4 Å². The summed E-state index contributed by atoms with van der Waals surface area (Å²) in [6.45, 7) is 0. The second kappa shape index (κ2) is 6.58. The molecule has 21 heavy (non-hydrogen) atoms. The third kappa shape index (κ3) is 3.21. The summed E-state index contributed by atoms with van der Waals surface area (Å²) in [5, 5.41) is 2.75. The maximum absolute atomic E-state index is 12.3. The standard InChI is InChI=1S/C14H16N4O3/c1-20-9-5-6-12(21-2)11(8-9)17-14(19)10-4-3-7-16-13(10)18-15/h3-8H,15H2,1-2H3,(H,16,18)(H,17,19). The number of amides is 1. The minimum absolute atomic E-state index is 0.289. The number of hydrazine groups is 1. The SMILES string of the molecule is COc1ccc(OC)c(NC(=O)c2cccnc2NN)c1. The van der Waals surface area contributed by atoms with E-state index in [-0.39, 0.29) is 11.7 Å². The van der Waals surface area contributed by atoms with E-state index in [0.29, 0.717) is 22.7 Å². The molecular formula is C14H16N4O3. The van der Waals surface area contributed by atoms with Crippen LogP contribution in [0, 0.1) is 0 Å². The van der Waals surface area contributed by atoms with Gasteiger partial charge in [0.05, 0.1) is 25.5 Å². The number of aromatic nitrogens is 1. The highest BCUT2D eigenvalue weighted by molar-refractivity contribution is 6.08. The third-order valence-electron chi connectivity index (χ3n) is 2.84. The number of carbonyl (C=O) groups excluding carboxylic acids is 1. The minimum atomic E-state index is -0.359. The number of nitrogens with one attached hydrogen (secondary N) is 2. The summed E-state index contributed by atoms with van der Waals surface area (Å²) in [4.78, 5) is 16.3. The van der Waals surface area contributed by atoms with Crippen molar-refractivity contribution >= 4 is 17.4 Å². The van der Waals surface area contributed by atoms with Gasteiger partial charge in [-0.25, -0.2) is 10.8 Å². The number of pyridine rings is 1. The zero-order valence-electron chi connectivity index (χ0n) is 11.7. The first-order chi connectivity index (χ1) is 10.2. The average molecular weight is 288 g/mol. The Bertz CT molecular complexity index is 646. The third-order valence-corrected chi connectivity index (χ3v) is 2.84. The van der Waals surface area contributed by atoms with E-state index in [1.165, 1.54) is 13.3 Å². The Kier molecular flexibility index (Phi) is 4.57. The van der Waals surface area contributed by atoms with Gasteiger partial charge in [0.1, 0.15) is 11.5 Å². The molecule has 0 unspecified atom stereocenters. The van der Waals surface area contributed by atoms with Gasteiger partial charge in [0, 0.05) is 12.3 Å². The number of hydrogen-bond donors (Lipinski definition) is 3. The number of nitrogen functional groups attached to an aromatic ring is 1. The lowest BCUT2D eigenvalue weighted by Crippen LogP contribution is -2.18. The highest BCUT2D eigenvalue weighted by atomic mass is 16.5. The molecule has 7 nitrogen and oxygen atoms in total. The summed E-state index contributed by atoms with van der Waals surface area (Å²) >= 11 is 0. The maximum atomic E-state index is 12.3. The van der Waals surface area contributed by atoms with Crippen LogP contribution in [0.1, 0.15) is 10.4 Å². The van der Waals surface area contributed by atoms with Crippen molar-refractivity contribution in [3.8, 4) is 11.5 Å². The number of ether oxygens (including phenoxy) is 2. The van der Waals surface area contributed by atoms with Crippen molar-refractivity contribution in [2.24, 2.45) is 5.84 Å². The number of nitrogens with two attached hydrogens (primary N) is 1. The first kappa shape index (κ1) is 14.6. The fourth-order valence-corrected chi connectivity index (χ4v) is 1.80. The Morgan fingerprint density at radius 2 is 2.05 bits per heavy atom. The van der Waals surface area contributed by atoms with Gasteiger partial charge in [-0.2, -0.15) is 0 Å². The maximum Gasteiger partial charge on any atom is 0.259 e. The smallest absolute Gasteiger partial charge is 0.259 e. The van der Waals surface area contributed by atoms with Gasteiger partial charge in [0.2, 0.25) is 0 Å². The second-order valence-electron chi connectivity index (χ2n) is 4.06. The van der Waals surface area contributed by atoms with Crippen LogP contribution in [0.3, 0.4) is 0 Å². The number of carbonyl (C=O) groups is 1. The molecule has 0 saturated heterocycles. The van der Waals surface area contributed by atoms with Crippen molar-refractivity contribution in [2.45, 2.75) is 0 Å². The lowest BCUT2D eigenvalue weighted by atomic mass is 10.2. The number of methoxy groups -OCH3 is 2. The topological polar surface area (TPSA) is 98.5 Å². The van der Waals surface area contributed by atoms with Crippen molar-refractivity contribution in [3.63, 3.8) is 0 Å². The van der Waals surface area contributed by atoms with Crippen molar-refractivity contribution in [2.75, 3.05) is 25.0 Å². The van der Waals surface area contributed by atoms with Gasteiger partial charge < -0.3 is 20.2 Å². The fraction of sp³-hybridized carbons (Fsp3) is 0.143. The fourth-order valence-electron chi connectivity index (χ4n) is 1.80. The van der Waals surface area contributed by atoms with Gasteiger partial charge in [-0.05, 0) is 24.3 Å². The van der Waals surface area contributed by atoms with E-state index in [1.807, 2.05) is 0 Å². The summed E-state index contributed by atoms with van der Waals surface area (Å²) in [7, 11) is 3.07. The van der Waals surface area contributed by atoms with Crippen molar-refractivity contribution in [1.29, 1.82) is 0 Å². The molecule has 1 aromatic heterocycles. The molecule has 0 aliphatic heterocycles. The molecule has 2 rings (SSSR count). The first-order valence-electron chi connectivity index (χ1n) is 6.14. The summed E-state index contributed by atoms with van der Waals surface area (Å²) in [6, 6.07) is 8.39. The molecule has 0 fully saturated rings. The average Bonchev–Trinajstić information content (AvgIpc) is 2.54. The van der Waals surface area contributed by atoms with E-state index in [9.17, 15) is 4.79 Å². The van der Waals surface area contributed by atoms with Crippen LogP contribution in [0.2, 0.25) is 0 Å². The number of benzene rings is 1. The molecule has 0 bridgehead atoms. The van der Waals surface area contributed by atoms with Crippen LogP contribution in [0.15, 0.2) is 36.5 Å². The van der Waals surface area contributed by atoms with Gasteiger partial charge in [-0.3, -0.25) is 4.79 Å². The van der Waals surface area contributed by atoms with Crippen molar-refractivity contribution in [1.82, 2.24) is 4.98 Å². The molecule has 0 saturated carbocycles. The Labute approximate surface area is 122 Å². The predicted octanol–water partition coefficient (Wildman–Crippen LogP) is 1.64. The number of anilines is 2. The molecule has 0 aliphatic carbocycles. The molecule has 1 amide bonds. The number of rotatable bonds is 5. The predicted molar refractivity (Wildman–Crippen MR) is 79.5 cm³/mol. The molecule has 0 atom stereocenters.